The van der Waals surface area contributed by atoms with Crippen molar-refractivity contribution in [3.63, 3.8) is 0 Å². The van der Waals surface area contributed by atoms with Crippen LogP contribution in [0.5, 0.6) is 5.75 Å². The van der Waals surface area contributed by atoms with Crippen LogP contribution in [0.4, 0.5) is 10.5 Å². The molecule has 0 radical (unpaired) electrons. The molecule has 0 spiro atoms. The summed E-state index contributed by atoms with van der Waals surface area (Å²) in [7, 11) is -0.171. The van der Waals surface area contributed by atoms with Gasteiger partial charge < -0.3 is 15.0 Å². The predicted octanol–water partition coefficient (Wildman–Crippen LogP) is 4.53. The van der Waals surface area contributed by atoms with Crippen LogP contribution in [-0.4, -0.2) is 45.4 Å². The number of nitrogens with one attached hydrogen (secondary N) is 2. The SMILES string of the molecule is COc1cc(S(=O)(=O)Cc2ccc3c(c2)CC[NH+](C)C3)ccc1NC(=O)N(O)C(C)c1cccc(Cl)c1Cl. The molecule has 1 heterocycles. The van der Waals surface area contributed by atoms with Crippen molar-refractivity contribution in [2.75, 3.05) is 26.0 Å². The van der Waals surface area contributed by atoms with E-state index in [1.807, 2.05) is 18.2 Å². The second-order valence-corrected chi connectivity index (χ2v) is 12.2. The topological polar surface area (TPSA) is 100 Å². The van der Waals surface area contributed by atoms with Crippen LogP contribution < -0.4 is 15.0 Å². The molecule has 0 aliphatic carbocycles. The van der Waals surface area contributed by atoms with Gasteiger partial charge in [0, 0.05) is 18.1 Å². The summed E-state index contributed by atoms with van der Waals surface area (Å²) in [6.07, 6.45) is 0.918. The number of likely N-dealkylation sites (N-methyl/N-ethyl adjacent to an activating group) is 1. The third-order valence-electron chi connectivity index (χ3n) is 6.72. The first-order chi connectivity index (χ1) is 18.0. The second kappa shape index (κ2) is 11.5. The van der Waals surface area contributed by atoms with Crippen LogP contribution in [0.2, 0.25) is 10.0 Å². The van der Waals surface area contributed by atoms with Crippen molar-refractivity contribution in [3.8, 4) is 5.75 Å². The number of hydroxylamine groups is 2. The number of carbonyl (C=O) groups excluding carboxylic acids is 1. The highest BCUT2D eigenvalue weighted by atomic mass is 35.5. The van der Waals surface area contributed by atoms with E-state index in [1.54, 1.807) is 25.1 Å². The Morgan fingerprint density at radius 3 is 2.66 bits per heavy atom. The number of urea groups is 1. The summed E-state index contributed by atoms with van der Waals surface area (Å²) in [5.41, 5.74) is 3.83. The van der Waals surface area contributed by atoms with Crippen LogP contribution >= 0.6 is 23.2 Å². The maximum Gasteiger partial charge on any atom is 0.346 e. The Kier molecular flexibility index (Phi) is 8.54. The zero-order valence-corrected chi connectivity index (χ0v) is 23.6. The third-order valence-corrected chi connectivity index (χ3v) is 9.24. The number of anilines is 1. The number of methoxy groups -OCH3 is 1. The van der Waals surface area contributed by atoms with Crippen molar-refractivity contribution < 1.29 is 28.1 Å². The van der Waals surface area contributed by atoms with Gasteiger partial charge in [-0.1, -0.05) is 53.5 Å². The molecule has 2 unspecified atom stereocenters. The first-order valence-electron chi connectivity index (χ1n) is 12.1. The number of quaternary nitrogens is 1. The quantitative estimate of drug-likeness (QED) is 0.282. The minimum atomic E-state index is -3.69. The molecule has 3 N–H and O–H groups in total. The first-order valence-corrected chi connectivity index (χ1v) is 14.5. The summed E-state index contributed by atoms with van der Waals surface area (Å²) in [5, 5.41) is 14.1. The highest BCUT2D eigenvalue weighted by Gasteiger charge is 2.25. The molecule has 2 amide bonds. The highest BCUT2D eigenvalue weighted by molar-refractivity contribution is 7.90. The molecule has 0 bridgehead atoms. The summed E-state index contributed by atoms with van der Waals surface area (Å²) in [6.45, 7) is 3.54. The molecule has 2 atom stereocenters. The summed E-state index contributed by atoms with van der Waals surface area (Å²) < 4.78 is 31.8. The van der Waals surface area contributed by atoms with E-state index < -0.39 is 21.9 Å². The normalized spacial score (nSPS) is 15.9. The van der Waals surface area contributed by atoms with Gasteiger partial charge in [0.15, 0.2) is 9.84 Å². The van der Waals surface area contributed by atoms with Crippen LogP contribution in [0.3, 0.4) is 0 Å². The Morgan fingerprint density at radius 1 is 1.16 bits per heavy atom. The number of carbonyl (C=O) groups is 1. The van der Waals surface area contributed by atoms with Gasteiger partial charge in [-0.25, -0.2) is 13.2 Å². The summed E-state index contributed by atoms with van der Waals surface area (Å²) in [4.78, 5) is 14.3. The van der Waals surface area contributed by atoms with E-state index in [-0.39, 0.29) is 27.1 Å². The van der Waals surface area contributed by atoms with Gasteiger partial charge in [0.1, 0.15) is 12.3 Å². The lowest BCUT2D eigenvalue weighted by Crippen LogP contribution is -3.08. The van der Waals surface area contributed by atoms with Crippen LogP contribution in [0.15, 0.2) is 59.5 Å². The fraction of sp³-hybridized carbons (Fsp3) is 0.296. The molecule has 202 valence electrons. The van der Waals surface area contributed by atoms with Crippen molar-refractivity contribution in [2.24, 2.45) is 0 Å². The lowest BCUT2D eigenvalue weighted by Gasteiger charge is -2.24. The summed E-state index contributed by atoms with van der Waals surface area (Å²) >= 11 is 12.3. The van der Waals surface area contributed by atoms with E-state index in [0.717, 1.165) is 25.1 Å². The van der Waals surface area contributed by atoms with Crippen molar-refractivity contribution >= 4 is 44.8 Å². The zero-order valence-electron chi connectivity index (χ0n) is 21.3. The number of nitrogens with zero attached hydrogens (tertiary/aromatic N) is 1. The Balaban J connectivity index is 1.50. The van der Waals surface area contributed by atoms with Crippen LogP contribution in [0.1, 0.15) is 35.2 Å². The van der Waals surface area contributed by atoms with Gasteiger partial charge in [0.2, 0.25) is 0 Å². The van der Waals surface area contributed by atoms with E-state index in [1.165, 1.54) is 41.3 Å². The monoisotopic (exact) mass is 578 g/mol. The second-order valence-electron chi connectivity index (χ2n) is 9.45. The molecule has 0 aromatic heterocycles. The van der Waals surface area contributed by atoms with Crippen molar-refractivity contribution in [2.45, 2.75) is 36.6 Å². The van der Waals surface area contributed by atoms with Gasteiger partial charge >= 0.3 is 6.03 Å². The van der Waals surface area contributed by atoms with E-state index in [2.05, 4.69) is 12.4 Å². The molecule has 1 aliphatic rings. The predicted molar refractivity (Wildman–Crippen MR) is 147 cm³/mol. The average molecular weight is 580 g/mol. The van der Waals surface area contributed by atoms with Crippen LogP contribution in [0.25, 0.3) is 0 Å². The Labute approximate surface area is 232 Å². The molecule has 4 rings (SSSR count). The number of rotatable bonds is 7. The van der Waals surface area contributed by atoms with E-state index in [9.17, 15) is 18.4 Å². The molecular formula is C27H30Cl2N3O5S+. The lowest BCUT2D eigenvalue weighted by molar-refractivity contribution is -0.895. The first kappa shape index (κ1) is 28.2. The Hall–Kier alpha value is -2.82. The fourth-order valence-corrected chi connectivity index (χ4v) is 6.34. The van der Waals surface area contributed by atoms with E-state index >= 15 is 0 Å². The Morgan fingerprint density at radius 2 is 1.92 bits per heavy atom. The van der Waals surface area contributed by atoms with Crippen molar-refractivity contribution in [1.82, 2.24) is 5.06 Å². The standard InChI is InChI=1S/C27H29Cl2N3O5S/c1-17(22-5-4-6-23(28)26(22)29)32(34)27(33)30-24-10-9-21(14-25(24)37-3)38(35,36)16-18-7-8-20-15-31(2)12-11-19(20)13-18/h4-10,13-14,17,34H,11-12,15-16H2,1-3H3,(H,30,33)/p+1. The molecule has 0 saturated heterocycles. The maximum absolute atomic E-state index is 13.2. The van der Waals surface area contributed by atoms with Gasteiger partial charge in [-0.05, 0) is 41.8 Å². The number of ether oxygens (including phenoxy) is 1. The van der Waals surface area contributed by atoms with E-state index in [0.29, 0.717) is 15.6 Å². The van der Waals surface area contributed by atoms with Crippen molar-refractivity contribution in [3.05, 3.63) is 86.9 Å². The van der Waals surface area contributed by atoms with Gasteiger partial charge in [-0.3, -0.25) is 5.21 Å². The maximum atomic E-state index is 13.2. The Bertz CT molecular complexity index is 1470. The molecule has 38 heavy (non-hydrogen) atoms. The molecule has 3 aromatic carbocycles. The molecule has 8 nitrogen and oxygen atoms in total. The number of benzene rings is 3. The number of hydrogen-bond donors (Lipinski definition) is 3. The average Bonchev–Trinajstić information content (AvgIpc) is 2.89. The van der Waals surface area contributed by atoms with Gasteiger partial charge in [0.05, 0.1) is 53.1 Å². The lowest BCUT2D eigenvalue weighted by atomic mass is 9.98. The highest BCUT2D eigenvalue weighted by Crippen LogP contribution is 2.33. The smallest absolute Gasteiger partial charge is 0.346 e. The van der Waals surface area contributed by atoms with Gasteiger partial charge in [-0.2, -0.15) is 5.06 Å². The molecule has 1 aliphatic heterocycles. The fourth-order valence-electron chi connectivity index (χ4n) is 4.53. The molecular weight excluding hydrogens is 549 g/mol. The number of fused-ring (bicyclic) bond motifs is 1. The number of halogens is 2. The van der Waals surface area contributed by atoms with E-state index in [4.69, 9.17) is 27.9 Å². The van der Waals surface area contributed by atoms with Gasteiger partial charge in [0.25, 0.3) is 0 Å². The number of amides is 2. The van der Waals surface area contributed by atoms with Gasteiger partial charge in [-0.15, -0.1) is 0 Å². The largest absolute Gasteiger partial charge is 0.495 e. The summed E-state index contributed by atoms with van der Waals surface area (Å²) in [6, 6.07) is 13.3. The van der Waals surface area contributed by atoms with Crippen LogP contribution in [0, 0.1) is 0 Å². The minimum absolute atomic E-state index is 0.0641. The van der Waals surface area contributed by atoms with Crippen molar-refractivity contribution in [1.29, 1.82) is 0 Å². The molecule has 0 saturated carbocycles. The molecule has 3 aromatic rings. The van der Waals surface area contributed by atoms with Crippen LogP contribution in [-0.2, 0) is 28.6 Å². The summed E-state index contributed by atoms with van der Waals surface area (Å²) in [5.74, 6) is -0.0158. The number of sulfone groups is 1. The molecule has 11 heteroatoms. The molecule has 0 fully saturated rings. The minimum Gasteiger partial charge on any atom is -0.495 e. The number of hydrogen-bond acceptors (Lipinski definition) is 5. The zero-order chi connectivity index (χ0) is 27.6. The third kappa shape index (κ3) is 6.08.